The SMILES string of the molecule is c1ccc(-c2cc3c4c(c2)Oc2ccc5ccccc5c2B4c2cc4c5cc(-c6ccccc6)ccc5n(-c5ccccc5)c4cc2O3)cc1. The second-order valence-corrected chi connectivity index (χ2v) is 13.3. The molecule has 0 amide bonds. The molecule has 0 bridgehead atoms. The first kappa shape index (κ1) is 27.4. The van der Waals surface area contributed by atoms with Gasteiger partial charge >= 0.3 is 0 Å². The smallest absolute Gasteiger partial charge is 0.261 e. The Morgan fingerprint density at radius 3 is 1.78 bits per heavy atom. The zero-order valence-corrected chi connectivity index (χ0v) is 27.0. The Labute approximate surface area is 289 Å². The van der Waals surface area contributed by atoms with E-state index in [1.807, 2.05) is 6.07 Å². The number of benzene rings is 8. The summed E-state index contributed by atoms with van der Waals surface area (Å²) < 4.78 is 16.2. The number of para-hydroxylation sites is 1. The maximum Gasteiger partial charge on any atom is 0.261 e. The van der Waals surface area contributed by atoms with Crippen LogP contribution >= 0.6 is 0 Å². The first-order valence-corrected chi connectivity index (χ1v) is 17.1. The summed E-state index contributed by atoms with van der Waals surface area (Å²) in [5.74, 6) is 3.45. The third-order valence-corrected chi connectivity index (χ3v) is 10.5. The van der Waals surface area contributed by atoms with Gasteiger partial charge in [0.05, 0.1) is 11.0 Å². The van der Waals surface area contributed by atoms with Crippen LogP contribution in [0.15, 0.2) is 170 Å². The average molecular weight is 638 g/mol. The molecular formula is C46H28BNO2. The molecule has 1 aromatic heterocycles. The maximum absolute atomic E-state index is 7.01. The number of hydrogen-bond donors (Lipinski definition) is 0. The van der Waals surface area contributed by atoms with E-state index < -0.39 is 0 Å². The molecule has 0 atom stereocenters. The van der Waals surface area contributed by atoms with Crippen LogP contribution in [0.25, 0.3) is 60.5 Å². The second kappa shape index (κ2) is 10.5. The van der Waals surface area contributed by atoms with E-state index in [1.54, 1.807) is 0 Å². The third-order valence-electron chi connectivity index (χ3n) is 10.5. The molecule has 0 aliphatic carbocycles. The average Bonchev–Trinajstić information content (AvgIpc) is 3.50. The van der Waals surface area contributed by atoms with Gasteiger partial charge in [-0.05, 0) is 86.4 Å². The van der Waals surface area contributed by atoms with Crippen LogP contribution in [-0.4, -0.2) is 11.3 Å². The van der Waals surface area contributed by atoms with Gasteiger partial charge in [-0.25, -0.2) is 0 Å². The minimum atomic E-state index is -0.0692. The van der Waals surface area contributed by atoms with E-state index >= 15 is 0 Å². The van der Waals surface area contributed by atoms with Gasteiger partial charge in [0.25, 0.3) is 6.71 Å². The van der Waals surface area contributed by atoms with Crippen LogP contribution in [0.5, 0.6) is 23.0 Å². The Balaban J connectivity index is 1.23. The summed E-state index contributed by atoms with van der Waals surface area (Å²) in [5, 5.41) is 4.81. The number of nitrogens with zero attached hydrogens (tertiary/aromatic N) is 1. The molecule has 232 valence electrons. The van der Waals surface area contributed by atoms with Crippen LogP contribution in [0, 0.1) is 0 Å². The van der Waals surface area contributed by atoms with Gasteiger partial charge in [-0.3, -0.25) is 0 Å². The van der Waals surface area contributed by atoms with Crippen molar-refractivity contribution in [2.24, 2.45) is 0 Å². The van der Waals surface area contributed by atoms with Gasteiger partial charge in [0.15, 0.2) is 0 Å². The van der Waals surface area contributed by atoms with E-state index in [9.17, 15) is 0 Å². The minimum absolute atomic E-state index is 0.0692. The quantitative estimate of drug-likeness (QED) is 0.180. The van der Waals surface area contributed by atoms with Crippen molar-refractivity contribution in [3.8, 4) is 50.9 Å². The van der Waals surface area contributed by atoms with Gasteiger partial charge in [-0.2, -0.15) is 0 Å². The molecule has 50 heavy (non-hydrogen) atoms. The van der Waals surface area contributed by atoms with E-state index in [1.165, 1.54) is 38.1 Å². The highest BCUT2D eigenvalue weighted by atomic mass is 16.5. The van der Waals surface area contributed by atoms with E-state index in [-0.39, 0.29) is 6.71 Å². The van der Waals surface area contributed by atoms with Crippen molar-refractivity contribution in [1.29, 1.82) is 0 Å². The molecule has 2 aliphatic rings. The first-order valence-electron chi connectivity index (χ1n) is 17.1. The Morgan fingerprint density at radius 1 is 0.380 bits per heavy atom. The molecular weight excluding hydrogens is 609 g/mol. The molecule has 0 spiro atoms. The summed E-state index contributed by atoms with van der Waals surface area (Å²) in [6.07, 6.45) is 0. The molecule has 3 nitrogen and oxygen atoms in total. The zero-order chi connectivity index (χ0) is 32.8. The fraction of sp³-hybridized carbons (Fsp3) is 0. The van der Waals surface area contributed by atoms with Crippen molar-refractivity contribution in [2.45, 2.75) is 0 Å². The summed E-state index contributed by atoms with van der Waals surface area (Å²) >= 11 is 0. The minimum Gasteiger partial charge on any atom is -0.458 e. The van der Waals surface area contributed by atoms with Crippen molar-refractivity contribution < 1.29 is 9.47 Å². The Kier molecular flexibility index (Phi) is 5.76. The van der Waals surface area contributed by atoms with Gasteiger partial charge < -0.3 is 14.0 Å². The standard InChI is InChI=1S/C46H28BNO2/c1-4-12-29(13-5-1)32-20-22-39-36(24-32)37-27-38-42(28-40(37)48(39)34-17-8-3-9-18-34)50-44-26-33(30-14-6-2-7-15-30)25-43-46(44)47(38)45-35-19-11-10-16-31(35)21-23-41(45)49-43/h1-28H. The van der Waals surface area contributed by atoms with Crippen molar-refractivity contribution in [3.63, 3.8) is 0 Å². The van der Waals surface area contributed by atoms with E-state index in [4.69, 9.17) is 9.47 Å². The fourth-order valence-corrected chi connectivity index (χ4v) is 8.25. The van der Waals surface area contributed by atoms with Gasteiger partial charge in [-0.1, -0.05) is 121 Å². The van der Waals surface area contributed by atoms with Gasteiger partial charge in [0.1, 0.15) is 23.0 Å². The molecule has 2 aliphatic heterocycles. The van der Waals surface area contributed by atoms with E-state index in [0.717, 1.165) is 61.8 Å². The maximum atomic E-state index is 7.01. The van der Waals surface area contributed by atoms with E-state index in [2.05, 4.69) is 168 Å². The molecule has 0 unspecified atom stereocenters. The predicted molar refractivity (Wildman–Crippen MR) is 207 cm³/mol. The molecule has 0 saturated carbocycles. The largest absolute Gasteiger partial charge is 0.458 e. The number of ether oxygens (including phenoxy) is 2. The number of aromatic nitrogens is 1. The van der Waals surface area contributed by atoms with Crippen molar-refractivity contribution in [2.75, 3.05) is 0 Å². The highest BCUT2D eigenvalue weighted by Gasteiger charge is 2.42. The van der Waals surface area contributed by atoms with Gasteiger partial charge in [-0.15, -0.1) is 0 Å². The van der Waals surface area contributed by atoms with Crippen molar-refractivity contribution in [1.82, 2.24) is 4.57 Å². The zero-order valence-electron chi connectivity index (χ0n) is 27.0. The Hall–Kier alpha value is -6.52. The molecule has 0 radical (unpaired) electrons. The van der Waals surface area contributed by atoms with E-state index in [0.29, 0.717) is 0 Å². The third kappa shape index (κ3) is 3.99. The van der Waals surface area contributed by atoms with Crippen LogP contribution in [0.3, 0.4) is 0 Å². The van der Waals surface area contributed by atoms with Crippen LogP contribution in [-0.2, 0) is 0 Å². The molecule has 3 heterocycles. The molecule has 8 aromatic carbocycles. The first-order chi connectivity index (χ1) is 24.8. The monoisotopic (exact) mass is 637 g/mol. The topological polar surface area (TPSA) is 23.4 Å². The Morgan fingerprint density at radius 2 is 1.02 bits per heavy atom. The summed E-state index contributed by atoms with van der Waals surface area (Å²) in [5.41, 5.74) is 11.4. The molecule has 0 saturated heterocycles. The van der Waals surface area contributed by atoms with Crippen molar-refractivity contribution in [3.05, 3.63) is 170 Å². The second-order valence-electron chi connectivity index (χ2n) is 13.3. The lowest BCUT2D eigenvalue weighted by atomic mass is 9.34. The number of hydrogen-bond acceptors (Lipinski definition) is 2. The molecule has 11 rings (SSSR count). The normalized spacial score (nSPS) is 12.7. The van der Waals surface area contributed by atoms with Crippen LogP contribution in [0.4, 0.5) is 0 Å². The van der Waals surface area contributed by atoms with Gasteiger partial charge in [0.2, 0.25) is 0 Å². The molecule has 9 aromatic rings. The summed E-state index contributed by atoms with van der Waals surface area (Å²) in [4.78, 5) is 0. The molecule has 4 heteroatoms. The summed E-state index contributed by atoms with van der Waals surface area (Å²) in [6, 6.07) is 60.6. The number of rotatable bonds is 3. The highest BCUT2D eigenvalue weighted by Crippen LogP contribution is 2.42. The summed E-state index contributed by atoms with van der Waals surface area (Å²) in [7, 11) is 0. The number of fused-ring (bicyclic) bond motifs is 9. The lowest BCUT2D eigenvalue weighted by Gasteiger charge is -2.34. The molecule has 0 fully saturated rings. The van der Waals surface area contributed by atoms with Gasteiger partial charge in [0, 0.05) is 28.0 Å². The summed E-state index contributed by atoms with van der Waals surface area (Å²) in [6.45, 7) is -0.0692. The lowest BCUT2D eigenvalue weighted by Crippen LogP contribution is -2.57. The van der Waals surface area contributed by atoms with Crippen LogP contribution in [0.2, 0.25) is 0 Å². The Bertz CT molecular complexity index is 2810. The predicted octanol–water partition coefficient (Wildman–Crippen LogP) is 10.00. The molecule has 0 N–H and O–H groups in total. The fourth-order valence-electron chi connectivity index (χ4n) is 8.25. The van der Waals surface area contributed by atoms with Crippen molar-refractivity contribution >= 4 is 55.7 Å². The van der Waals surface area contributed by atoms with Crippen LogP contribution < -0.4 is 25.9 Å². The van der Waals surface area contributed by atoms with Crippen LogP contribution in [0.1, 0.15) is 0 Å². The highest BCUT2D eigenvalue weighted by molar-refractivity contribution is 6.99. The lowest BCUT2D eigenvalue weighted by molar-refractivity contribution is 0.465.